The fourth-order valence-corrected chi connectivity index (χ4v) is 4.15. The number of imide groups is 1. The van der Waals surface area contributed by atoms with Gasteiger partial charge in [-0.15, -0.1) is 0 Å². The lowest BCUT2D eigenvalue weighted by Gasteiger charge is -2.14. The average Bonchev–Trinajstić information content (AvgIpc) is 3.28. The van der Waals surface area contributed by atoms with Gasteiger partial charge < -0.3 is 5.32 Å². The van der Waals surface area contributed by atoms with Crippen LogP contribution in [-0.2, 0) is 4.79 Å². The van der Waals surface area contributed by atoms with E-state index < -0.39 is 0 Å². The Labute approximate surface area is 191 Å². The Kier molecular flexibility index (Phi) is 5.07. The second-order valence-electron chi connectivity index (χ2n) is 7.35. The quantitative estimate of drug-likeness (QED) is 0.422. The minimum Gasteiger partial charge on any atom is -0.310 e. The second-order valence-corrected chi connectivity index (χ2v) is 8.27. The van der Waals surface area contributed by atoms with Gasteiger partial charge in [0.1, 0.15) is 17.2 Å². The number of hydrogen-bond donors (Lipinski definition) is 1. The summed E-state index contributed by atoms with van der Waals surface area (Å²) < 4.78 is 2.53. The lowest BCUT2D eigenvalue weighted by Crippen LogP contribution is -2.33. The summed E-state index contributed by atoms with van der Waals surface area (Å²) in [6, 6.07) is 20.1. The van der Waals surface area contributed by atoms with Crippen molar-refractivity contribution < 1.29 is 14.4 Å². The lowest BCUT2D eigenvalue weighted by atomic mass is 10.1. The number of nitrogens with zero attached hydrogens (tertiary/aromatic N) is 3. The van der Waals surface area contributed by atoms with E-state index in [-0.39, 0.29) is 30.7 Å². The summed E-state index contributed by atoms with van der Waals surface area (Å²) in [5, 5.41) is 2.92. The molecule has 0 aliphatic carbocycles. The Morgan fingerprint density at radius 1 is 0.938 bits per heavy atom. The predicted molar refractivity (Wildman–Crippen MR) is 123 cm³/mol. The Bertz CT molecular complexity index is 1380. The van der Waals surface area contributed by atoms with Gasteiger partial charge in [-0.3, -0.25) is 23.7 Å². The molecule has 0 atom stereocenters. The number of carbonyl (C=O) groups is 3. The molecule has 0 spiro atoms. The van der Waals surface area contributed by atoms with Crippen LogP contribution in [0.5, 0.6) is 0 Å². The van der Waals surface area contributed by atoms with E-state index in [2.05, 4.69) is 26.2 Å². The molecule has 3 amide bonds. The maximum absolute atomic E-state index is 12.8. The smallest absolute Gasteiger partial charge is 0.261 e. The van der Waals surface area contributed by atoms with Gasteiger partial charge in [0.25, 0.3) is 11.8 Å². The predicted octanol–water partition coefficient (Wildman–Crippen LogP) is 4.39. The first-order chi connectivity index (χ1) is 15.5. The fourth-order valence-electron chi connectivity index (χ4n) is 3.79. The largest absolute Gasteiger partial charge is 0.310 e. The molecule has 2 aromatic carbocycles. The monoisotopic (exact) mass is 488 g/mol. The minimum atomic E-state index is -0.390. The van der Waals surface area contributed by atoms with E-state index >= 15 is 0 Å². The van der Waals surface area contributed by atoms with Gasteiger partial charge in [-0.25, -0.2) is 4.98 Å². The minimum absolute atomic E-state index is 0.00674. The zero-order valence-corrected chi connectivity index (χ0v) is 18.4. The third-order valence-electron chi connectivity index (χ3n) is 5.33. The highest BCUT2D eigenvalue weighted by Gasteiger charge is 2.35. The van der Waals surface area contributed by atoms with Crippen LogP contribution in [0.4, 0.5) is 5.82 Å². The Morgan fingerprint density at radius 2 is 1.69 bits per heavy atom. The number of carbonyl (C=O) groups excluding carboxylic acids is 3. The molecule has 5 rings (SSSR count). The zero-order chi connectivity index (χ0) is 22.2. The van der Waals surface area contributed by atoms with Crippen molar-refractivity contribution in [1.82, 2.24) is 14.3 Å². The molecular weight excluding hydrogens is 472 g/mol. The van der Waals surface area contributed by atoms with E-state index in [1.807, 2.05) is 54.7 Å². The third kappa shape index (κ3) is 3.48. The lowest BCUT2D eigenvalue weighted by molar-refractivity contribution is -0.116. The van der Waals surface area contributed by atoms with Crippen molar-refractivity contribution in [3.63, 3.8) is 0 Å². The standard InChI is InChI=1S/C24H17BrN4O3/c25-16-9-10-17-18(14-16)24(32)29(23(17)31)13-11-20(30)27-22-21(15-6-2-1-3-7-15)26-19-8-4-5-12-28(19)22/h1-10,12,14H,11,13H2,(H,27,30). The topological polar surface area (TPSA) is 83.8 Å². The van der Waals surface area contributed by atoms with Gasteiger partial charge in [0.2, 0.25) is 5.91 Å². The van der Waals surface area contributed by atoms with Crippen LogP contribution < -0.4 is 5.32 Å². The molecule has 32 heavy (non-hydrogen) atoms. The van der Waals surface area contributed by atoms with Gasteiger partial charge in [-0.1, -0.05) is 52.3 Å². The number of nitrogens with one attached hydrogen (secondary N) is 1. The van der Waals surface area contributed by atoms with Gasteiger partial charge >= 0.3 is 0 Å². The number of benzene rings is 2. The molecule has 0 unspecified atom stereocenters. The summed E-state index contributed by atoms with van der Waals surface area (Å²) in [6.07, 6.45) is 1.80. The molecule has 0 radical (unpaired) electrons. The van der Waals surface area contributed by atoms with Gasteiger partial charge in [0, 0.05) is 29.2 Å². The van der Waals surface area contributed by atoms with E-state index in [0.29, 0.717) is 28.3 Å². The first-order valence-corrected chi connectivity index (χ1v) is 10.8. The van der Waals surface area contributed by atoms with Crippen LogP contribution in [0.1, 0.15) is 27.1 Å². The molecule has 0 saturated heterocycles. The number of imidazole rings is 1. The van der Waals surface area contributed by atoms with Crippen molar-refractivity contribution in [2.75, 3.05) is 11.9 Å². The van der Waals surface area contributed by atoms with E-state index in [9.17, 15) is 14.4 Å². The normalized spacial score (nSPS) is 13.0. The van der Waals surface area contributed by atoms with Crippen LogP contribution in [-0.4, -0.2) is 38.6 Å². The highest BCUT2D eigenvalue weighted by Crippen LogP contribution is 2.29. The molecule has 1 aliphatic heterocycles. The van der Waals surface area contributed by atoms with E-state index in [1.165, 1.54) is 0 Å². The summed E-state index contributed by atoms with van der Waals surface area (Å²) in [5.74, 6) is -0.544. The molecule has 1 N–H and O–H groups in total. The van der Waals surface area contributed by atoms with Crippen molar-refractivity contribution in [2.24, 2.45) is 0 Å². The van der Waals surface area contributed by atoms with Crippen LogP contribution in [0.25, 0.3) is 16.9 Å². The number of fused-ring (bicyclic) bond motifs is 2. The zero-order valence-electron chi connectivity index (χ0n) is 16.8. The van der Waals surface area contributed by atoms with Crippen molar-refractivity contribution >= 4 is 45.1 Å². The van der Waals surface area contributed by atoms with Crippen LogP contribution in [0.2, 0.25) is 0 Å². The van der Waals surface area contributed by atoms with Crippen molar-refractivity contribution in [3.05, 3.63) is 88.5 Å². The second kappa shape index (κ2) is 8.05. The average molecular weight is 489 g/mol. The number of aromatic nitrogens is 2. The SMILES string of the molecule is O=C(CCN1C(=O)c2ccc(Br)cc2C1=O)Nc1c(-c2ccccc2)nc2ccccn12. The number of hydrogen-bond acceptors (Lipinski definition) is 4. The van der Waals surface area contributed by atoms with E-state index in [0.717, 1.165) is 14.9 Å². The van der Waals surface area contributed by atoms with Crippen molar-refractivity contribution in [1.29, 1.82) is 0 Å². The molecule has 4 aromatic rings. The van der Waals surface area contributed by atoms with Crippen LogP contribution in [0.3, 0.4) is 0 Å². The number of pyridine rings is 1. The molecular formula is C24H17BrN4O3. The maximum Gasteiger partial charge on any atom is 0.261 e. The summed E-state index contributed by atoms with van der Waals surface area (Å²) in [5.41, 5.74) is 2.92. The van der Waals surface area contributed by atoms with Gasteiger partial charge in [0.05, 0.1) is 11.1 Å². The first-order valence-electron chi connectivity index (χ1n) is 10.0. The Hall–Kier alpha value is -3.78. The molecule has 0 saturated carbocycles. The molecule has 2 aromatic heterocycles. The Morgan fingerprint density at radius 3 is 2.50 bits per heavy atom. The van der Waals surface area contributed by atoms with Crippen molar-refractivity contribution in [2.45, 2.75) is 6.42 Å². The van der Waals surface area contributed by atoms with E-state index in [4.69, 9.17) is 0 Å². The molecule has 0 bridgehead atoms. The first kappa shape index (κ1) is 20.1. The van der Waals surface area contributed by atoms with Crippen molar-refractivity contribution in [3.8, 4) is 11.3 Å². The summed E-state index contributed by atoms with van der Waals surface area (Å²) in [6.45, 7) is -0.00674. The number of amides is 3. The maximum atomic E-state index is 12.8. The third-order valence-corrected chi connectivity index (χ3v) is 5.82. The summed E-state index contributed by atoms with van der Waals surface area (Å²) in [7, 11) is 0. The van der Waals surface area contributed by atoms with E-state index in [1.54, 1.807) is 22.6 Å². The summed E-state index contributed by atoms with van der Waals surface area (Å²) in [4.78, 5) is 43.8. The molecule has 0 fully saturated rings. The summed E-state index contributed by atoms with van der Waals surface area (Å²) >= 11 is 3.32. The molecule has 3 heterocycles. The van der Waals surface area contributed by atoms with Crippen LogP contribution in [0.15, 0.2) is 77.4 Å². The molecule has 1 aliphatic rings. The molecule has 8 heteroatoms. The molecule has 158 valence electrons. The Balaban J connectivity index is 1.36. The van der Waals surface area contributed by atoms with Gasteiger partial charge in [-0.2, -0.15) is 0 Å². The number of anilines is 1. The van der Waals surface area contributed by atoms with Crippen LogP contribution in [0, 0.1) is 0 Å². The van der Waals surface area contributed by atoms with Gasteiger partial charge in [-0.05, 0) is 30.3 Å². The van der Waals surface area contributed by atoms with Gasteiger partial charge in [0.15, 0.2) is 0 Å². The molecule has 7 nitrogen and oxygen atoms in total. The fraction of sp³-hybridized carbons (Fsp3) is 0.0833. The highest BCUT2D eigenvalue weighted by atomic mass is 79.9. The number of halogens is 1. The highest BCUT2D eigenvalue weighted by molar-refractivity contribution is 9.10. The van der Waals surface area contributed by atoms with Crippen LogP contribution >= 0.6 is 15.9 Å². The number of rotatable bonds is 5.